The predicted octanol–water partition coefficient (Wildman–Crippen LogP) is 1.12. The largest absolute Gasteiger partial charge is 0.291 e. The molecule has 1 aromatic carbocycles. The van der Waals surface area contributed by atoms with Gasteiger partial charge in [-0.1, -0.05) is 0 Å². The van der Waals surface area contributed by atoms with E-state index in [0.717, 1.165) is 18.4 Å². The Hall–Kier alpha value is -1.34. The van der Waals surface area contributed by atoms with Crippen LogP contribution in [0.25, 0.3) is 0 Å². The summed E-state index contributed by atoms with van der Waals surface area (Å²) in [6, 6.07) is 2.36. The minimum Gasteiger partial charge on any atom is -0.291 e. The van der Waals surface area contributed by atoms with E-state index in [-0.39, 0.29) is 0 Å². The Kier molecular flexibility index (Phi) is 3.71. The Balaban J connectivity index is 2.82. The summed E-state index contributed by atoms with van der Waals surface area (Å²) in [6.07, 6.45) is 0.765. The standard InChI is InChI=1S/C9H8F2O4S/c1-16(13,14)15-5-9(12)7-3-2-6(10)4-8(7)11/h2-4H,5H2,1H3. The lowest BCUT2D eigenvalue weighted by molar-refractivity contribution is 0.0921. The minimum absolute atomic E-state index is 0.412. The second-order valence-corrected chi connectivity index (χ2v) is 4.66. The van der Waals surface area contributed by atoms with Gasteiger partial charge in [-0.05, 0) is 12.1 Å². The first kappa shape index (κ1) is 12.7. The molecular formula is C9H8F2O4S. The van der Waals surface area contributed by atoms with E-state index in [9.17, 15) is 22.0 Å². The molecule has 1 rings (SSSR count). The van der Waals surface area contributed by atoms with Crippen molar-refractivity contribution in [2.24, 2.45) is 0 Å². The smallest absolute Gasteiger partial charge is 0.264 e. The van der Waals surface area contributed by atoms with Crippen LogP contribution in [0.1, 0.15) is 10.4 Å². The maximum Gasteiger partial charge on any atom is 0.264 e. The Labute approximate surface area is 91.0 Å². The number of carbonyl (C=O) groups excluding carboxylic acids is 1. The number of rotatable bonds is 4. The van der Waals surface area contributed by atoms with Crippen LogP contribution in [-0.2, 0) is 14.3 Å². The molecule has 0 fully saturated rings. The second-order valence-electron chi connectivity index (χ2n) is 3.01. The molecule has 7 heteroatoms. The van der Waals surface area contributed by atoms with E-state index in [1.807, 2.05) is 0 Å². The molecule has 0 bridgehead atoms. The summed E-state index contributed by atoms with van der Waals surface area (Å²) in [7, 11) is -3.77. The van der Waals surface area contributed by atoms with Gasteiger partial charge in [0.15, 0.2) is 5.78 Å². The van der Waals surface area contributed by atoms with Gasteiger partial charge in [0.25, 0.3) is 10.1 Å². The van der Waals surface area contributed by atoms with E-state index in [0.29, 0.717) is 6.07 Å². The molecule has 0 aromatic heterocycles. The topological polar surface area (TPSA) is 60.4 Å². The van der Waals surface area contributed by atoms with Gasteiger partial charge in [0.05, 0.1) is 11.8 Å². The number of hydrogen-bond acceptors (Lipinski definition) is 4. The summed E-state index contributed by atoms with van der Waals surface area (Å²) in [4.78, 5) is 11.3. The zero-order valence-electron chi connectivity index (χ0n) is 8.24. The molecule has 88 valence electrons. The average Bonchev–Trinajstić information content (AvgIpc) is 2.13. The third kappa shape index (κ3) is 3.67. The first-order valence-electron chi connectivity index (χ1n) is 4.12. The van der Waals surface area contributed by atoms with Crippen LogP contribution in [0.2, 0.25) is 0 Å². The molecule has 0 atom stereocenters. The van der Waals surface area contributed by atoms with Gasteiger partial charge in [0.1, 0.15) is 18.2 Å². The zero-order chi connectivity index (χ0) is 12.3. The molecule has 0 heterocycles. The minimum atomic E-state index is -3.77. The normalized spacial score (nSPS) is 11.4. The number of carbonyl (C=O) groups is 1. The van der Waals surface area contributed by atoms with Gasteiger partial charge in [-0.25, -0.2) is 8.78 Å². The fraction of sp³-hybridized carbons (Fsp3) is 0.222. The number of benzene rings is 1. The summed E-state index contributed by atoms with van der Waals surface area (Å²) in [6.45, 7) is -0.804. The fourth-order valence-corrected chi connectivity index (χ4v) is 1.28. The number of Topliss-reactive ketones (excluding diaryl/α,β-unsaturated/α-hetero) is 1. The van der Waals surface area contributed by atoms with E-state index in [4.69, 9.17) is 0 Å². The molecule has 0 saturated heterocycles. The fourth-order valence-electron chi connectivity index (χ4n) is 0.954. The van der Waals surface area contributed by atoms with Gasteiger partial charge in [-0.3, -0.25) is 8.98 Å². The molecule has 1 aromatic rings. The van der Waals surface area contributed by atoms with Crippen LogP contribution in [0.15, 0.2) is 18.2 Å². The van der Waals surface area contributed by atoms with E-state index in [2.05, 4.69) is 4.18 Å². The third-order valence-electron chi connectivity index (χ3n) is 1.64. The van der Waals surface area contributed by atoms with Crippen LogP contribution >= 0.6 is 0 Å². The van der Waals surface area contributed by atoms with Gasteiger partial charge in [-0.15, -0.1) is 0 Å². The predicted molar refractivity (Wildman–Crippen MR) is 51.5 cm³/mol. The monoisotopic (exact) mass is 250 g/mol. The molecule has 16 heavy (non-hydrogen) atoms. The van der Waals surface area contributed by atoms with Crippen molar-refractivity contribution < 1.29 is 26.2 Å². The van der Waals surface area contributed by atoms with Crippen molar-refractivity contribution in [3.63, 3.8) is 0 Å². The van der Waals surface area contributed by atoms with Gasteiger partial charge in [-0.2, -0.15) is 8.42 Å². The van der Waals surface area contributed by atoms with Crippen molar-refractivity contribution in [3.8, 4) is 0 Å². The van der Waals surface area contributed by atoms with Crippen molar-refractivity contribution in [1.82, 2.24) is 0 Å². The lowest BCUT2D eigenvalue weighted by Crippen LogP contribution is -2.14. The SMILES string of the molecule is CS(=O)(=O)OCC(=O)c1ccc(F)cc1F. The maximum atomic E-state index is 13.1. The van der Waals surface area contributed by atoms with Crippen molar-refractivity contribution in [2.45, 2.75) is 0 Å². The van der Waals surface area contributed by atoms with Crippen LogP contribution < -0.4 is 0 Å². The number of ketones is 1. The van der Waals surface area contributed by atoms with Crippen molar-refractivity contribution >= 4 is 15.9 Å². The third-order valence-corrected chi connectivity index (χ3v) is 2.18. The molecule has 0 saturated carbocycles. The van der Waals surface area contributed by atoms with Gasteiger partial charge < -0.3 is 0 Å². The molecule has 0 unspecified atom stereocenters. The lowest BCUT2D eigenvalue weighted by Gasteiger charge is -2.02. The van der Waals surface area contributed by atoms with Crippen molar-refractivity contribution in [2.75, 3.05) is 12.9 Å². The first-order valence-corrected chi connectivity index (χ1v) is 5.94. The quantitative estimate of drug-likeness (QED) is 0.593. The molecule has 0 radical (unpaired) electrons. The second kappa shape index (κ2) is 4.67. The zero-order valence-corrected chi connectivity index (χ0v) is 9.05. The van der Waals surface area contributed by atoms with Gasteiger partial charge in [0.2, 0.25) is 0 Å². The van der Waals surface area contributed by atoms with E-state index in [1.165, 1.54) is 0 Å². The molecule has 0 amide bonds. The summed E-state index contributed by atoms with van der Waals surface area (Å²) in [5.74, 6) is -2.75. The van der Waals surface area contributed by atoms with E-state index in [1.54, 1.807) is 0 Å². The highest BCUT2D eigenvalue weighted by Crippen LogP contribution is 2.10. The molecule has 0 aliphatic rings. The van der Waals surface area contributed by atoms with E-state index < -0.39 is 39.7 Å². The Bertz CT molecular complexity index is 510. The Morgan fingerprint density at radius 2 is 2.00 bits per heavy atom. The summed E-state index contributed by atoms with van der Waals surface area (Å²) >= 11 is 0. The van der Waals surface area contributed by atoms with Gasteiger partial charge >= 0.3 is 0 Å². The lowest BCUT2D eigenvalue weighted by atomic mass is 10.1. The number of halogens is 2. The van der Waals surface area contributed by atoms with Gasteiger partial charge in [0, 0.05) is 6.07 Å². The maximum absolute atomic E-state index is 13.1. The molecule has 4 nitrogen and oxygen atoms in total. The first-order chi connectivity index (χ1) is 7.29. The highest BCUT2D eigenvalue weighted by atomic mass is 32.2. The van der Waals surface area contributed by atoms with Crippen LogP contribution in [0.3, 0.4) is 0 Å². The Morgan fingerprint density at radius 3 is 2.50 bits per heavy atom. The molecule has 0 N–H and O–H groups in total. The van der Waals surface area contributed by atoms with Crippen molar-refractivity contribution in [3.05, 3.63) is 35.4 Å². The van der Waals surface area contributed by atoms with E-state index >= 15 is 0 Å². The van der Waals surface area contributed by atoms with Crippen LogP contribution in [0.5, 0.6) is 0 Å². The number of hydrogen-bond donors (Lipinski definition) is 0. The molecule has 0 aliphatic heterocycles. The molecular weight excluding hydrogens is 242 g/mol. The summed E-state index contributed by atoms with van der Waals surface area (Å²) < 4.78 is 50.9. The summed E-state index contributed by atoms with van der Waals surface area (Å²) in [5, 5.41) is 0. The average molecular weight is 250 g/mol. The van der Waals surface area contributed by atoms with Crippen LogP contribution in [0.4, 0.5) is 8.78 Å². The highest BCUT2D eigenvalue weighted by molar-refractivity contribution is 7.86. The van der Waals surface area contributed by atoms with Crippen LogP contribution in [0, 0.1) is 11.6 Å². The highest BCUT2D eigenvalue weighted by Gasteiger charge is 2.14. The molecule has 0 aliphatic carbocycles. The Morgan fingerprint density at radius 1 is 1.38 bits per heavy atom. The summed E-state index contributed by atoms with van der Waals surface area (Å²) in [5.41, 5.74) is -0.412. The molecule has 0 spiro atoms. The van der Waals surface area contributed by atoms with Crippen LogP contribution in [-0.4, -0.2) is 27.1 Å². The van der Waals surface area contributed by atoms with Crippen molar-refractivity contribution in [1.29, 1.82) is 0 Å².